The zero-order chi connectivity index (χ0) is 43.1. The minimum atomic E-state index is -1.76. The van der Waals surface area contributed by atoms with Gasteiger partial charge in [-0.2, -0.15) is 0 Å². The van der Waals surface area contributed by atoms with E-state index in [0.717, 1.165) is 126 Å². The number of amides is 4. The summed E-state index contributed by atoms with van der Waals surface area (Å²) >= 11 is 0. The second-order valence-electron chi connectivity index (χ2n) is 18.6. The number of alkyl carbamates (subject to hydrolysis) is 2. The van der Waals surface area contributed by atoms with Gasteiger partial charge in [-0.05, 0) is 90.6 Å². The van der Waals surface area contributed by atoms with E-state index in [1.165, 1.54) is 14.2 Å². The van der Waals surface area contributed by atoms with Crippen LogP contribution in [-0.4, -0.2) is 101 Å². The van der Waals surface area contributed by atoms with Crippen LogP contribution in [0.5, 0.6) is 0 Å². The van der Waals surface area contributed by atoms with E-state index in [9.17, 15) is 19.2 Å². The van der Waals surface area contributed by atoms with Gasteiger partial charge in [0.05, 0.1) is 57.3 Å². The number of aromatic nitrogens is 4. The lowest BCUT2D eigenvalue weighted by Crippen LogP contribution is -2.52. The fraction of sp³-hybridized carbons (Fsp3) is 0.489. The van der Waals surface area contributed by atoms with Crippen molar-refractivity contribution in [3.8, 4) is 22.4 Å². The van der Waals surface area contributed by atoms with Crippen LogP contribution in [-0.2, 0) is 19.1 Å². The summed E-state index contributed by atoms with van der Waals surface area (Å²) in [6, 6.07) is 18.3. The number of aromatic amines is 2. The molecule has 2 saturated heterocycles. The zero-order valence-corrected chi connectivity index (χ0v) is 37.2. The molecular weight excluding hydrogens is 801 g/mol. The maximum Gasteiger partial charge on any atom is 0.407 e. The SMILES string of the molecule is COC(=O)N[C@H](C(=O)N1C[Si](C)(C)C[C@@H]1c1ncc(-c2ccc(-c3ccc4c(ccc5[nH]c([C@@H]6CCCN6C(=O)[C@H](NC(=O)OC)C6CCCC6)nc54)c3)cc2)[nH]1)C1CCCC1. The van der Waals surface area contributed by atoms with Crippen LogP contribution in [0.15, 0.2) is 60.8 Å². The minimum Gasteiger partial charge on any atom is -0.453 e. The Kier molecular flexibility index (Phi) is 11.6. The van der Waals surface area contributed by atoms with Crippen molar-refractivity contribution in [2.75, 3.05) is 26.9 Å². The van der Waals surface area contributed by atoms with E-state index in [4.69, 9.17) is 19.4 Å². The summed E-state index contributed by atoms with van der Waals surface area (Å²) in [6.07, 6.45) is 11.0. The van der Waals surface area contributed by atoms with Crippen molar-refractivity contribution in [1.29, 1.82) is 0 Å². The number of rotatable bonds is 10. The Morgan fingerprint density at radius 3 is 1.97 bits per heavy atom. The molecule has 2 aliphatic carbocycles. The Bertz CT molecular complexity index is 2470. The van der Waals surface area contributed by atoms with Gasteiger partial charge < -0.3 is 39.9 Å². The first-order valence-corrected chi connectivity index (χ1v) is 25.8. The van der Waals surface area contributed by atoms with E-state index >= 15 is 0 Å². The smallest absolute Gasteiger partial charge is 0.407 e. The molecule has 3 aromatic carbocycles. The summed E-state index contributed by atoms with van der Waals surface area (Å²) in [5.74, 6) is 1.65. The molecule has 15 heteroatoms. The van der Waals surface area contributed by atoms with Crippen molar-refractivity contribution in [1.82, 2.24) is 40.4 Å². The van der Waals surface area contributed by atoms with Crippen molar-refractivity contribution in [3.63, 3.8) is 0 Å². The fourth-order valence-corrected chi connectivity index (χ4v) is 13.7. The molecule has 4 heterocycles. The molecule has 4 N–H and O–H groups in total. The number of fused-ring (bicyclic) bond motifs is 3. The average molecular weight is 859 g/mol. The molecule has 4 amide bonds. The van der Waals surface area contributed by atoms with Crippen LogP contribution < -0.4 is 10.6 Å². The van der Waals surface area contributed by atoms with Crippen molar-refractivity contribution < 1.29 is 28.7 Å². The van der Waals surface area contributed by atoms with E-state index in [2.05, 4.69) is 88.3 Å². The molecule has 2 saturated carbocycles. The molecule has 0 bridgehead atoms. The Hall–Kier alpha value is -5.70. The second-order valence-corrected chi connectivity index (χ2v) is 23.7. The number of methoxy groups -OCH3 is 2. The summed E-state index contributed by atoms with van der Waals surface area (Å²) in [7, 11) is 0.916. The van der Waals surface area contributed by atoms with Crippen LogP contribution in [0.1, 0.15) is 87.9 Å². The molecule has 2 aliphatic heterocycles. The molecule has 0 radical (unpaired) electrons. The van der Waals surface area contributed by atoms with Crippen molar-refractivity contribution in [2.45, 2.75) is 108 Å². The first-order valence-electron chi connectivity index (χ1n) is 22.4. The summed E-state index contributed by atoms with van der Waals surface area (Å²) in [4.78, 5) is 73.9. The number of H-pyrrole nitrogens is 2. The molecule has 0 unspecified atom stereocenters. The number of nitrogens with zero attached hydrogens (tertiary/aromatic N) is 4. The Morgan fingerprint density at radius 1 is 0.710 bits per heavy atom. The predicted molar refractivity (Wildman–Crippen MR) is 240 cm³/mol. The molecule has 0 spiro atoms. The summed E-state index contributed by atoms with van der Waals surface area (Å²) < 4.78 is 9.83. The highest BCUT2D eigenvalue weighted by molar-refractivity contribution is 6.78. The molecule has 4 fully saturated rings. The highest BCUT2D eigenvalue weighted by Crippen LogP contribution is 2.41. The number of benzene rings is 3. The number of hydrogen-bond donors (Lipinski definition) is 4. The maximum absolute atomic E-state index is 14.2. The fourth-order valence-electron chi connectivity index (χ4n) is 10.8. The van der Waals surface area contributed by atoms with E-state index in [0.29, 0.717) is 12.7 Å². The van der Waals surface area contributed by atoms with Gasteiger partial charge in [0, 0.05) is 18.1 Å². The van der Waals surface area contributed by atoms with Crippen LogP contribution in [0, 0.1) is 11.8 Å². The van der Waals surface area contributed by atoms with Gasteiger partial charge in [0.2, 0.25) is 11.8 Å². The normalized spacial score (nSPS) is 21.4. The molecule has 14 nitrogen and oxygen atoms in total. The van der Waals surface area contributed by atoms with Gasteiger partial charge >= 0.3 is 12.2 Å². The Morgan fingerprint density at radius 2 is 1.32 bits per heavy atom. The minimum absolute atomic E-state index is 0.0391. The lowest BCUT2D eigenvalue weighted by Gasteiger charge is -2.31. The number of likely N-dealkylation sites (tertiary alicyclic amines) is 1. The monoisotopic (exact) mass is 858 g/mol. The first-order chi connectivity index (χ1) is 30.0. The number of hydrogen-bond acceptors (Lipinski definition) is 8. The third kappa shape index (κ3) is 8.18. The van der Waals surface area contributed by atoms with Gasteiger partial charge in [0.1, 0.15) is 23.7 Å². The maximum atomic E-state index is 14.2. The highest BCUT2D eigenvalue weighted by atomic mass is 28.3. The number of imidazole rings is 2. The molecule has 2 aromatic heterocycles. The van der Waals surface area contributed by atoms with Gasteiger partial charge in [-0.3, -0.25) is 9.59 Å². The summed E-state index contributed by atoms with van der Waals surface area (Å²) in [5, 5.41) is 7.85. The van der Waals surface area contributed by atoms with Crippen LogP contribution in [0.4, 0.5) is 9.59 Å². The number of carbonyl (C=O) groups is 4. The molecule has 9 rings (SSSR count). The zero-order valence-electron chi connectivity index (χ0n) is 36.2. The first kappa shape index (κ1) is 41.6. The van der Waals surface area contributed by atoms with Crippen LogP contribution in [0.2, 0.25) is 19.1 Å². The molecular formula is C47H58N8O6Si. The molecule has 62 heavy (non-hydrogen) atoms. The Balaban J connectivity index is 0.916. The lowest BCUT2D eigenvalue weighted by atomic mass is 9.96. The lowest BCUT2D eigenvalue weighted by molar-refractivity contribution is -0.136. The van der Waals surface area contributed by atoms with Crippen molar-refractivity contribution in [3.05, 3.63) is 72.4 Å². The number of nitrogens with one attached hydrogen (secondary N) is 4. The van der Waals surface area contributed by atoms with Crippen LogP contribution in [0.25, 0.3) is 44.2 Å². The topological polar surface area (TPSA) is 175 Å². The molecule has 326 valence electrons. The largest absolute Gasteiger partial charge is 0.453 e. The third-order valence-corrected chi connectivity index (χ3v) is 16.7. The summed E-state index contributed by atoms with van der Waals surface area (Å²) in [6.45, 7) is 5.24. The van der Waals surface area contributed by atoms with Crippen LogP contribution >= 0.6 is 0 Å². The van der Waals surface area contributed by atoms with E-state index < -0.39 is 32.3 Å². The van der Waals surface area contributed by atoms with E-state index in [-0.39, 0.29) is 35.7 Å². The quantitative estimate of drug-likeness (QED) is 0.101. The third-order valence-electron chi connectivity index (χ3n) is 14.0. The standard InChI is InChI=1S/C47H58N8O6Si/c1-60-46(58)52-39(30-10-5-6-11-30)44(56)54-23-9-14-37(54)43-49-35-22-20-33-24-32(19-21-34(33)41(35)51-43)28-15-17-29(18-16-28)36-25-48-42(50-36)38-26-62(3,4)27-55(38)45(57)40(53-47(59)61-2)31-12-7-8-13-31/h15-22,24-25,30-31,37-40H,5-14,23,26-27H2,1-4H3,(H,48,50)(H,49,51)(H,52,58)(H,53,59)/t37-,38+,39+,40-/m0/s1. The van der Waals surface area contributed by atoms with Gasteiger partial charge in [0.15, 0.2) is 0 Å². The highest BCUT2D eigenvalue weighted by Gasteiger charge is 2.47. The molecule has 4 aliphatic rings. The Labute approximate surface area is 362 Å². The second kappa shape index (κ2) is 17.2. The predicted octanol–water partition coefficient (Wildman–Crippen LogP) is 8.40. The molecule has 5 aromatic rings. The van der Waals surface area contributed by atoms with E-state index in [1.807, 2.05) is 16.0 Å². The van der Waals surface area contributed by atoms with Gasteiger partial charge in [-0.15, -0.1) is 0 Å². The average Bonchev–Trinajstić information content (AvgIpc) is 4.14. The number of ether oxygens (including phenoxy) is 2. The van der Waals surface area contributed by atoms with Gasteiger partial charge in [-0.1, -0.05) is 81.2 Å². The van der Waals surface area contributed by atoms with E-state index in [1.54, 1.807) is 0 Å². The van der Waals surface area contributed by atoms with Crippen molar-refractivity contribution >= 4 is 53.9 Å². The summed E-state index contributed by atoms with van der Waals surface area (Å²) in [5.41, 5.74) is 5.83. The number of carbonyl (C=O) groups excluding carboxylic acids is 4. The van der Waals surface area contributed by atoms with Crippen molar-refractivity contribution in [2.24, 2.45) is 11.8 Å². The van der Waals surface area contributed by atoms with Gasteiger partial charge in [0.25, 0.3) is 0 Å². The van der Waals surface area contributed by atoms with Crippen LogP contribution in [0.3, 0.4) is 0 Å². The molecule has 4 atom stereocenters. The van der Waals surface area contributed by atoms with Gasteiger partial charge in [-0.25, -0.2) is 19.6 Å².